The van der Waals surface area contributed by atoms with Gasteiger partial charge in [-0.2, -0.15) is 5.10 Å². The van der Waals surface area contributed by atoms with Crippen molar-refractivity contribution in [3.63, 3.8) is 0 Å². The number of hydrogen-bond donors (Lipinski definition) is 2. The van der Waals surface area contributed by atoms with Gasteiger partial charge in [0.2, 0.25) is 0 Å². The number of carboxylic acids is 1. The monoisotopic (exact) mass is 273 g/mol. The number of nitrogens with one attached hydrogen (secondary N) is 1. The first-order valence-electron chi connectivity index (χ1n) is 6.57. The fraction of sp³-hybridized carbons (Fsp3) is 0.333. The maximum Gasteiger partial charge on any atom is 0.310 e. The van der Waals surface area contributed by atoms with E-state index < -0.39 is 11.9 Å². The van der Waals surface area contributed by atoms with E-state index in [1.54, 1.807) is 11.6 Å². The average Bonchev–Trinajstić information content (AvgIpc) is 2.84. The first-order valence-corrected chi connectivity index (χ1v) is 6.57. The van der Waals surface area contributed by atoms with Crippen LogP contribution in [0, 0.1) is 0 Å². The molecule has 1 atom stereocenters. The molecular formula is C15H19N3O2. The lowest BCUT2D eigenvalue weighted by atomic mass is 10.0. The number of carboxylic acid groups (broad SMARTS) is 1. The van der Waals surface area contributed by atoms with Crippen LogP contribution >= 0.6 is 0 Å². The highest BCUT2D eigenvalue weighted by Crippen LogP contribution is 2.16. The Bertz CT molecular complexity index is 575. The maximum absolute atomic E-state index is 10.9. The number of aryl methyl sites for hydroxylation is 1. The summed E-state index contributed by atoms with van der Waals surface area (Å²) in [4.78, 5) is 10.9. The minimum Gasteiger partial charge on any atom is -0.481 e. The molecule has 2 aromatic rings. The number of nitrogens with zero attached hydrogens (tertiary/aromatic N) is 2. The molecule has 0 saturated heterocycles. The third-order valence-corrected chi connectivity index (χ3v) is 3.25. The van der Waals surface area contributed by atoms with Gasteiger partial charge in [0.1, 0.15) is 0 Å². The van der Waals surface area contributed by atoms with Gasteiger partial charge in [0.15, 0.2) is 0 Å². The van der Waals surface area contributed by atoms with Crippen molar-refractivity contribution in [1.82, 2.24) is 15.1 Å². The SMILES string of the molecule is CC(C(=O)O)c1ccc(CNCc2ccn(C)n2)cc1. The Morgan fingerprint density at radius 2 is 2.00 bits per heavy atom. The second-order valence-electron chi connectivity index (χ2n) is 4.89. The first kappa shape index (κ1) is 14.3. The summed E-state index contributed by atoms with van der Waals surface area (Å²) in [5.41, 5.74) is 2.96. The minimum absolute atomic E-state index is 0.467. The van der Waals surface area contributed by atoms with Crippen molar-refractivity contribution >= 4 is 5.97 Å². The Morgan fingerprint density at radius 1 is 1.30 bits per heavy atom. The molecule has 0 fully saturated rings. The van der Waals surface area contributed by atoms with Crippen LogP contribution in [0.15, 0.2) is 36.5 Å². The van der Waals surface area contributed by atoms with E-state index >= 15 is 0 Å². The fourth-order valence-electron chi connectivity index (χ4n) is 1.96. The Hall–Kier alpha value is -2.14. The van der Waals surface area contributed by atoms with Gasteiger partial charge in [-0.3, -0.25) is 9.48 Å². The second-order valence-corrected chi connectivity index (χ2v) is 4.89. The van der Waals surface area contributed by atoms with Crippen LogP contribution in [0.4, 0.5) is 0 Å². The predicted molar refractivity (Wildman–Crippen MR) is 76.2 cm³/mol. The van der Waals surface area contributed by atoms with Gasteiger partial charge in [-0.25, -0.2) is 0 Å². The third kappa shape index (κ3) is 3.68. The number of rotatable bonds is 6. The van der Waals surface area contributed by atoms with Gasteiger partial charge in [0.25, 0.3) is 0 Å². The van der Waals surface area contributed by atoms with Crippen LogP contribution in [0.2, 0.25) is 0 Å². The number of hydrogen-bond acceptors (Lipinski definition) is 3. The number of carbonyl (C=O) groups is 1. The van der Waals surface area contributed by atoms with E-state index in [2.05, 4.69) is 10.4 Å². The lowest BCUT2D eigenvalue weighted by molar-refractivity contribution is -0.138. The molecule has 2 N–H and O–H groups in total. The van der Waals surface area contributed by atoms with Crippen LogP contribution in [0.1, 0.15) is 29.7 Å². The first-order chi connectivity index (χ1) is 9.56. The maximum atomic E-state index is 10.9. The molecule has 0 spiro atoms. The highest BCUT2D eigenvalue weighted by Gasteiger charge is 2.12. The van der Waals surface area contributed by atoms with E-state index in [9.17, 15) is 4.79 Å². The van der Waals surface area contributed by atoms with Crippen molar-refractivity contribution in [2.45, 2.75) is 25.9 Å². The second kappa shape index (κ2) is 6.34. The smallest absolute Gasteiger partial charge is 0.310 e. The summed E-state index contributed by atoms with van der Waals surface area (Å²) in [6, 6.07) is 9.64. The van der Waals surface area contributed by atoms with E-state index in [0.717, 1.165) is 23.4 Å². The van der Waals surface area contributed by atoms with E-state index in [0.29, 0.717) is 6.54 Å². The van der Waals surface area contributed by atoms with Crippen LogP contribution in [0.5, 0.6) is 0 Å². The van der Waals surface area contributed by atoms with Crippen LogP contribution < -0.4 is 5.32 Å². The Labute approximate surface area is 118 Å². The van der Waals surface area contributed by atoms with Crippen molar-refractivity contribution in [3.05, 3.63) is 53.3 Å². The van der Waals surface area contributed by atoms with Gasteiger partial charge in [0, 0.05) is 26.3 Å². The molecule has 0 aliphatic rings. The molecule has 0 aliphatic heterocycles. The highest BCUT2D eigenvalue weighted by atomic mass is 16.4. The zero-order valence-corrected chi connectivity index (χ0v) is 11.7. The molecule has 1 aromatic carbocycles. The largest absolute Gasteiger partial charge is 0.481 e. The Morgan fingerprint density at radius 3 is 2.55 bits per heavy atom. The molecule has 0 aliphatic carbocycles. The summed E-state index contributed by atoms with van der Waals surface area (Å²) in [5.74, 6) is -1.27. The zero-order chi connectivity index (χ0) is 14.5. The van der Waals surface area contributed by atoms with Crippen molar-refractivity contribution < 1.29 is 9.90 Å². The summed E-state index contributed by atoms with van der Waals surface area (Å²) < 4.78 is 1.78. The summed E-state index contributed by atoms with van der Waals surface area (Å²) >= 11 is 0. The minimum atomic E-state index is -0.800. The quantitative estimate of drug-likeness (QED) is 0.843. The van der Waals surface area contributed by atoms with Gasteiger partial charge in [-0.05, 0) is 24.1 Å². The van der Waals surface area contributed by atoms with Gasteiger partial charge >= 0.3 is 5.97 Å². The van der Waals surface area contributed by atoms with Crippen LogP contribution in [0.25, 0.3) is 0 Å². The lowest BCUT2D eigenvalue weighted by Crippen LogP contribution is -2.13. The summed E-state index contributed by atoms with van der Waals surface area (Å²) in [6.45, 7) is 3.14. The molecule has 0 radical (unpaired) electrons. The van der Waals surface area contributed by atoms with Crippen molar-refractivity contribution in [1.29, 1.82) is 0 Å². The molecular weight excluding hydrogens is 254 g/mol. The van der Waals surface area contributed by atoms with Gasteiger partial charge in [-0.15, -0.1) is 0 Å². The fourth-order valence-corrected chi connectivity index (χ4v) is 1.96. The molecule has 5 heteroatoms. The van der Waals surface area contributed by atoms with Gasteiger partial charge in [0.05, 0.1) is 11.6 Å². The molecule has 20 heavy (non-hydrogen) atoms. The molecule has 106 valence electrons. The summed E-state index contributed by atoms with van der Waals surface area (Å²) in [7, 11) is 1.89. The van der Waals surface area contributed by atoms with Crippen molar-refractivity contribution in [2.24, 2.45) is 7.05 Å². The molecule has 0 saturated carbocycles. The predicted octanol–water partition coefficient (Wildman–Crippen LogP) is 1.90. The number of aliphatic carboxylic acids is 1. The normalized spacial score (nSPS) is 12.3. The van der Waals surface area contributed by atoms with Crippen molar-refractivity contribution in [2.75, 3.05) is 0 Å². The highest BCUT2D eigenvalue weighted by molar-refractivity contribution is 5.75. The van der Waals surface area contributed by atoms with E-state index in [1.165, 1.54) is 0 Å². The zero-order valence-electron chi connectivity index (χ0n) is 11.7. The van der Waals surface area contributed by atoms with Crippen LogP contribution in [-0.2, 0) is 24.9 Å². The number of benzene rings is 1. The van der Waals surface area contributed by atoms with Crippen LogP contribution in [0.3, 0.4) is 0 Å². The van der Waals surface area contributed by atoms with Gasteiger partial charge < -0.3 is 10.4 Å². The van der Waals surface area contributed by atoms with E-state index in [1.807, 2.05) is 43.6 Å². The molecule has 1 unspecified atom stereocenters. The lowest BCUT2D eigenvalue weighted by Gasteiger charge is -2.08. The molecule has 1 heterocycles. The molecule has 0 bridgehead atoms. The van der Waals surface area contributed by atoms with Crippen LogP contribution in [-0.4, -0.2) is 20.9 Å². The molecule has 0 amide bonds. The Balaban J connectivity index is 1.86. The van der Waals surface area contributed by atoms with Crippen molar-refractivity contribution in [3.8, 4) is 0 Å². The number of aromatic nitrogens is 2. The Kier molecular flexibility index (Phi) is 4.53. The summed E-state index contributed by atoms with van der Waals surface area (Å²) in [6.07, 6.45) is 1.92. The molecule has 5 nitrogen and oxygen atoms in total. The summed E-state index contributed by atoms with van der Waals surface area (Å²) in [5, 5.41) is 16.6. The molecule has 1 aromatic heterocycles. The van der Waals surface area contributed by atoms with Gasteiger partial charge in [-0.1, -0.05) is 24.3 Å². The molecule has 2 rings (SSSR count). The third-order valence-electron chi connectivity index (χ3n) is 3.25. The van der Waals surface area contributed by atoms with E-state index in [4.69, 9.17) is 5.11 Å². The standard InChI is InChI=1S/C15H19N3O2/c1-11(15(19)20)13-5-3-12(4-6-13)9-16-10-14-7-8-18(2)17-14/h3-8,11,16H,9-10H2,1-2H3,(H,19,20). The average molecular weight is 273 g/mol. The topological polar surface area (TPSA) is 67.2 Å². The van der Waals surface area contributed by atoms with E-state index in [-0.39, 0.29) is 0 Å².